The highest BCUT2D eigenvalue weighted by molar-refractivity contribution is 6.23. The topological polar surface area (TPSA) is 91.4 Å². The van der Waals surface area contributed by atoms with Crippen LogP contribution in [0.25, 0.3) is 6.08 Å². The van der Waals surface area contributed by atoms with Crippen molar-refractivity contribution < 1.29 is 33.3 Å². The number of ether oxygens (including phenoxy) is 4. The maximum Gasteiger partial charge on any atom is 0.340 e. The fraction of sp³-hybridized carbons (Fsp3) is 0.167. The number of carbonyl (C=O) groups excluding carboxylic acids is 3. The molecular formula is C30H27NO7. The fourth-order valence-electron chi connectivity index (χ4n) is 4.15. The Morgan fingerprint density at radius 3 is 2.16 bits per heavy atom. The highest BCUT2D eigenvalue weighted by atomic mass is 16.5. The van der Waals surface area contributed by atoms with Gasteiger partial charge in [-0.2, -0.15) is 0 Å². The molecule has 0 unspecified atom stereocenters. The first-order valence-corrected chi connectivity index (χ1v) is 11.8. The van der Waals surface area contributed by atoms with Gasteiger partial charge in [0.25, 0.3) is 5.91 Å². The van der Waals surface area contributed by atoms with Gasteiger partial charge in [0.05, 0.1) is 38.0 Å². The van der Waals surface area contributed by atoms with Gasteiger partial charge in [-0.3, -0.25) is 9.69 Å². The lowest BCUT2D eigenvalue weighted by Crippen LogP contribution is -2.24. The predicted molar refractivity (Wildman–Crippen MR) is 142 cm³/mol. The summed E-state index contributed by atoms with van der Waals surface area (Å²) in [6, 6.07) is 21.4. The van der Waals surface area contributed by atoms with Crippen molar-refractivity contribution in [1.29, 1.82) is 0 Å². The molecule has 0 bridgehead atoms. The van der Waals surface area contributed by atoms with Crippen LogP contribution < -0.4 is 14.4 Å². The van der Waals surface area contributed by atoms with Gasteiger partial charge < -0.3 is 18.9 Å². The largest absolute Gasteiger partial charge is 0.493 e. The van der Waals surface area contributed by atoms with E-state index in [1.54, 1.807) is 55.5 Å². The van der Waals surface area contributed by atoms with Crippen molar-refractivity contribution in [1.82, 2.24) is 0 Å². The minimum Gasteiger partial charge on any atom is -0.493 e. The molecule has 4 rings (SSSR count). The quantitative estimate of drug-likeness (QED) is 0.311. The number of carbonyl (C=O) groups is 3. The molecule has 8 heteroatoms. The molecule has 38 heavy (non-hydrogen) atoms. The van der Waals surface area contributed by atoms with Crippen LogP contribution in [0.4, 0.5) is 5.69 Å². The molecule has 3 aromatic rings. The second kappa shape index (κ2) is 11.5. The molecule has 8 nitrogen and oxygen atoms in total. The summed E-state index contributed by atoms with van der Waals surface area (Å²) in [5.41, 5.74) is 3.22. The number of benzene rings is 3. The Bertz CT molecular complexity index is 1420. The Hall–Kier alpha value is -4.85. The number of amides is 1. The van der Waals surface area contributed by atoms with E-state index in [9.17, 15) is 14.4 Å². The lowest BCUT2D eigenvalue weighted by Gasteiger charge is -2.18. The van der Waals surface area contributed by atoms with Crippen LogP contribution in [0.5, 0.6) is 11.5 Å². The van der Waals surface area contributed by atoms with Gasteiger partial charge >= 0.3 is 11.9 Å². The molecule has 1 amide bonds. The molecule has 0 fully saturated rings. The monoisotopic (exact) mass is 513 g/mol. The van der Waals surface area contributed by atoms with Crippen LogP contribution in [0.2, 0.25) is 0 Å². The Morgan fingerprint density at radius 1 is 0.842 bits per heavy atom. The Kier molecular flexibility index (Phi) is 7.91. The Balaban J connectivity index is 1.66. The fourth-order valence-corrected chi connectivity index (χ4v) is 4.15. The molecule has 0 radical (unpaired) electrons. The van der Waals surface area contributed by atoms with Crippen molar-refractivity contribution in [3.8, 4) is 11.5 Å². The zero-order valence-electron chi connectivity index (χ0n) is 21.5. The van der Waals surface area contributed by atoms with Gasteiger partial charge in [-0.15, -0.1) is 0 Å². The molecule has 0 spiro atoms. The zero-order chi connectivity index (χ0) is 27.2. The summed E-state index contributed by atoms with van der Waals surface area (Å²) in [7, 11) is 4.09. The second-order valence-corrected chi connectivity index (χ2v) is 8.37. The molecule has 0 saturated heterocycles. The van der Waals surface area contributed by atoms with Gasteiger partial charge in [-0.25, -0.2) is 9.59 Å². The summed E-state index contributed by atoms with van der Waals surface area (Å²) >= 11 is 0. The van der Waals surface area contributed by atoms with E-state index in [0.717, 1.165) is 5.56 Å². The number of methoxy groups -OCH3 is 3. The average molecular weight is 514 g/mol. The molecule has 3 aromatic carbocycles. The smallest absolute Gasteiger partial charge is 0.340 e. The van der Waals surface area contributed by atoms with Gasteiger partial charge in [0.1, 0.15) is 6.61 Å². The molecule has 1 heterocycles. The van der Waals surface area contributed by atoms with E-state index in [4.69, 9.17) is 18.9 Å². The van der Waals surface area contributed by atoms with E-state index in [-0.39, 0.29) is 11.1 Å². The number of hydrogen-bond donors (Lipinski definition) is 0. The van der Waals surface area contributed by atoms with Crippen LogP contribution in [-0.4, -0.2) is 39.2 Å². The highest BCUT2D eigenvalue weighted by Crippen LogP contribution is 2.37. The number of esters is 2. The van der Waals surface area contributed by atoms with E-state index >= 15 is 0 Å². The van der Waals surface area contributed by atoms with Gasteiger partial charge in [0.15, 0.2) is 11.5 Å². The first kappa shape index (κ1) is 26.2. The molecule has 0 aliphatic carbocycles. The van der Waals surface area contributed by atoms with Crippen molar-refractivity contribution in [2.24, 2.45) is 0 Å². The van der Waals surface area contributed by atoms with Crippen molar-refractivity contribution in [2.75, 3.05) is 26.2 Å². The second-order valence-electron chi connectivity index (χ2n) is 8.37. The standard InChI is InChI=1S/C30H27NO7/c1-19-27(30(34)37-4)24(28(32)31(19)23-13-11-22(12-14-23)29(33)36-3)16-21-10-15-25(26(17-21)35-2)38-18-20-8-6-5-7-9-20/h5-17H,18H2,1-4H3/b24-16-. The van der Waals surface area contributed by atoms with Crippen molar-refractivity contribution in [2.45, 2.75) is 13.5 Å². The maximum atomic E-state index is 13.6. The van der Waals surface area contributed by atoms with Gasteiger partial charge in [-0.05, 0) is 60.5 Å². The molecule has 0 aromatic heterocycles. The molecule has 1 aliphatic heterocycles. The first-order chi connectivity index (χ1) is 18.4. The molecule has 194 valence electrons. The summed E-state index contributed by atoms with van der Waals surface area (Å²) in [6.07, 6.45) is 1.62. The first-order valence-electron chi connectivity index (χ1n) is 11.8. The zero-order valence-corrected chi connectivity index (χ0v) is 21.5. The van der Waals surface area contributed by atoms with E-state index in [2.05, 4.69) is 0 Å². The summed E-state index contributed by atoms with van der Waals surface area (Å²) in [4.78, 5) is 39.5. The normalized spacial score (nSPS) is 14.1. The van der Waals surface area contributed by atoms with Crippen molar-refractivity contribution >= 4 is 29.6 Å². The molecule has 0 N–H and O–H groups in total. The number of anilines is 1. The minimum absolute atomic E-state index is 0.151. The minimum atomic E-state index is -0.634. The molecule has 1 aliphatic rings. The SMILES string of the molecule is COC(=O)C1=C(C)N(c2ccc(C(=O)OC)cc2)C(=O)/C1=C\c1ccc(OCc2ccccc2)c(OC)c1. The van der Waals surface area contributed by atoms with Crippen LogP contribution >= 0.6 is 0 Å². The third-order valence-electron chi connectivity index (χ3n) is 6.07. The van der Waals surface area contributed by atoms with Crippen molar-refractivity contribution in [3.05, 3.63) is 106 Å². The number of rotatable bonds is 8. The number of hydrogen-bond acceptors (Lipinski definition) is 7. The summed E-state index contributed by atoms with van der Waals surface area (Å²) in [5.74, 6) is -0.500. The third kappa shape index (κ3) is 5.29. The Labute approximate surface area is 220 Å². The van der Waals surface area contributed by atoms with Crippen molar-refractivity contribution in [3.63, 3.8) is 0 Å². The van der Waals surface area contributed by atoms with Crippen LogP contribution in [0.1, 0.15) is 28.4 Å². The average Bonchev–Trinajstić information content (AvgIpc) is 3.20. The lowest BCUT2D eigenvalue weighted by atomic mass is 10.0. The maximum absolute atomic E-state index is 13.6. The van der Waals surface area contributed by atoms with E-state index < -0.39 is 17.8 Å². The summed E-state index contributed by atoms with van der Waals surface area (Å²) < 4.78 is 21.2. The van der Waals surface area contributed by atoms with Crippen LogP contribution in [0.3, 0.4) is 0 Å². The van der Waals surface area contributed by atoms with Gasteiger partial charge in [-0.1, -0.05) is 36.4 Å². The Morgan fingerprint density at radius 2 is 1.53 bits per heavy atom. The third-order valence-corrected chi connectivity index (χ3v) is 6.07. The predicted octanol–water partition coefficient (Wildman–Crippen LogP) is 4.94. The summed E-state index contributed by atoms with van der Waals surface area (Å²) in [5, 5.41) is 0. The highest BCUT2D eigenvalue weighted by Gasteiger charge is 2.38. The van der Waals surface area contributed by atoms with E-state index in [0.29, 0.717) is 40.6 Å². The number of nitrogens with zero attached hydrogens (tertiary/aromatic N) is 1. The van der Waals surface area contributed by atoms with Crippen LogP contribution in [0, 0.1) is 0 Å². The van der Waals surface area contributed by atoms with E-state index in [1.165, 1.54) is 26.2 Å². The van der Waals surface area contributed by atoms with Gasteiger partial charge in [0, 0.05) is 11.4 Å². The molecule has 0 atom stereocenters. The lowest BCUT2D eigenvalue weighted by molar-refractivity contribution is -0.136. The summed E-state index contributed by atoms with van der Waals surface area (Å²) in [6.45, 7) is 2.04. The van der Waals surface area contributed by atoms with Crippen LogP contribution in [0.15, 0.2) is 89.6 Å². The van der Waals surface area contributed by atoms with Crippen LogP contribution in [-0.2, 0) is 25.7 Å². The number of allylic oxidation sites excluding steroid dienone is 1. The van der Waals surface area contributed by atoms with Gasteiger partial charge in [0.2, 0.25) is 0 Å². The molecular weight excluding hydrogens is 486 g/mol. The van der Waals surface area contributed by atoms with E-state index in [1.807, 2.05) is 30.3 Å². The molecule has 0 saturated carbocycles.